The molecule has 5 rings (SSSR count). The number of rotatable bonds is 8. The molecule has 4 N–H and O–H groups in total. The number of amides is 3. The minimum absolute atomic E-state index is 0.0558. The fourth-order valence-corrected chi connectivity index (χ4v) is 4.82. The highest BCUT2D eigenvalue weighted by Gasteiger charge is 2.23. The van der Waals surface area contributed by atoms with Gasteiger partial charge in [-0.25, -0.2) is 14.8 Å². The molecule has 2 aliphatic rings. The number of carbonyl (C=O) groups excluding carboxylic acids is 2. The summed E-state index contributed by atoms with van der Waals surface area (Å²) < 4.78 is 7.35. The van der Waals surface area contributed by atoms with Crippen LogP contribution in [-0.4, -0.2) is 75.4 Å². The fraction of sp³-hybridized carbons (Fsp3) is 0.379. The average Bonchev–Trinajstić information content (AvgIpc) is 3.46. The van der Waals surface area contributed by atoms with E-state index in [1.165, 1.54) is 0 Å². The summed E-state index contributed by atoms with van der Waals surface area (Å²) >= 11 is 0. The molecule has 41 heavy (non-hydrogen) atoms. The Balaban J connectivity index is 1.34. The minimum atomic E-state index is -0.368. The molecule has 12 nitrogen and oxygen atoms in total. The lowest BCUT2D eigenvalue weighted by atomic mass is 10.1. The number of carbonyl (C=O) groups is 2. The second kappa shape index (κ2) is 12.4. The maximum Gasteiger partial charge on any atom is 0.319 e. The van der Waals surface area contributed by atoms with Gasteiger partial charge in [-0.2, -0.15) is 0 Å². The Morgan fingerprint density at radius 2 is 1.93 bits per heavy atom. The molecule has 2 aromatic heterocycles. The number of benzene rings is 1. The van der Waals surface area contributed by atoms with Gasteiger partial charge in [0.2, 0.25) is 0 Å². The predicted octanol–water partition coefficient (Wildman–Crippen LogP) is 3.09. The number of nitrogens with zero attached hydrogens (tertiary/aromatic N) is 5. The molecule has 2 aliphatic heterocycles. The van der Waals surface area contributed by atoms with Crippen LogP contribution in [-0.2, 0) is 11.4 Å². The van der Waals surface area contributed by atoms with Crippen LogP contribution in [0, 0.1) is 12.8 Å². The molecule has 1 aromatic carbocycles. The third-order valence-electron chi connectivity index (χ3n) is 7.30. The molecule has 3 amide bonds. The van der Waals surface area contributed by atoms with Crippen LogP contribution in [0.15, 0.2) is 55.1 Å². The first kappa shape index (κ1) is 28.1. The van der Waals surface area contributed by atoms with Gasteiger partial charge in [0.25, 0.3) is 5.91 Å². The van der Waals surface area contributed by atoms with Gasteiger partial charge in [0.1, 0.15) is 12.5 Å². The first-order chi connectivity index (χ1) is 19.8. The van der Waals surface area contributed by atoms with E-state index in [0.29, 0.717) is 50.0 Å². The number of morpholine rings is 1. The van der Waals surface area contributed by atoms with Gasteiger partial charge < -0.3 is 40.2 Å². The number of urea groups is 1. The van der Waals surface area contributed by atoms with Crippen molar-refractivity contribution in [2.75, 3.05) is 48.4 Å². The van der Waals surface area contributed by atoms with Crippen molar-refractivity contribution in [3.8, 4) is 0 Å². The van der Waals surface area contributed by atoms with Gasteiger partial charge in [-0.3, -0.25) is 4.79 Å². The maximum atomic E-state index is 12.8. The molecule has 4 heterocycles. The van der Waals surface area contributed by atoms with E-state index in [4.69, 9.17) is 4.74 Å². The summed E-state index contributed by atoms with van der Waals surface area (Å²) in [5, 5.41) is 18.7. The van der Waals surface area contributed by atoms with Crippen molar-refractivity contribution in [2.24, 2.45) is 5.92 Å². The Bertz CT molecular complexity index is 1410. The monoisotopic (exact) mass is 560 g/mol. The standard InChI is InChI=1S/C29H36N8O4/c1-19(2)24(17-38)34-29(40)33-22-5-4-6-25(20(22)3)37-16-23(27-30-9-10-36(27)18-37)32-26-8-7-21(15-31-26)28(39)35-11-13-41-14-12-35/h4-10,15-16,19,24,38H,11-14,17-18H2,1-3H3,(H,31,32)(H2,33,34,40)/t24-/m1/s1. The smallest absolute Gasteiger partial charge is 0.319 e. The summed E-state index contributed by atoms with van der Waals surface area (Å²) in [5.74, 6) is 1.38. The third-order valence-corrected chi connectivity index (χ3v) is 7.30. The Labute approximate surface area is 239 Å². The fourth-order valence-electron chi connectivity index (χ4n) is 4.82. The lowest BCUT2D eigenvalue weighted by Gasteiger charge is -2.30. The molecule has 216 valence electrons. The number of hydrogen-bond donors (Lipinski definition) is 4. The van der Waals surface area contributed by atoms with Crippen LogP contribution >= 0.6 is 0 Å². The van der Waals surface area contributed by atoms with E-state index < -0.39 is 0 Å². The van der Waals surface area contributed by atoms with Crippen LogP contribution in [0.1, 0.15) is 35.6 Å². The zero-order chi connectivity index (χ0) is 28.9. The highest BCUT2D eigenvalue weighted by molar-refractivity contribution is 5.94. The molecule has 0 saturated carbocycles. The second-order valence-corrected chi connectivity index (χ2v) is 10.4. The molecule has 12 heteroatoms. The lowest BCUT2D eigenvalue weighted by Crippen LogP contribution is -2.43. The van der Waals surface area contributed by atoms with Crippen molar-refractivity contribution >= 4 is 34.8 Å². The topological polar surface area (TPSA) is 137 Å². The van der Waals surface area contributed by atoms with E-state index in [9.17, 15) is 14.7 Å². The quantitative estimate of drug-likeness (QED) is 0.330. The van der Waals surface area contributed by atoms with Crippen LogP contribution in [0.3, 0.4) is 0 Å². The van der Waals surface area contributed by atoms with E-state index in [2.05, 4.69) is 30.8 Å². The van der Waals surface area contributed by atoms with Crippen molar-refractivity contribution < 1.29 is 19.4 Å². The van der Waals surface area contributed by atoms with E-state index in [1.807, 2.05) is 55.9 Å². The number of nitrogens with one attached hydrogen (secondary N) is 3. The van der Waals surface area contributed by atoms with Gasteiger partial charge in [-0.1, -0.05) is 19.9 Å². The van der Waals surface area contributed by atoms with Crippen molar-refractivity contribution in [1.82, 2.24) is 24.8 Å². The number of ether oxygens (including phenoxy) is 1. The molecule has 0 bridgehead atoms. The summed E-state index contributed by atoms with van der Waals surface area (Å²) in [6.07, 6.45) is 7.19. The van der Waals surface area contributed by atoms with Crippen molar-refractivity contribution in [2.45, 2.75) is 33.5 Å². The zero-order valence-electron chi connectivity index (χ0n) is 23.5. The van der Waals surface area contributed by atoms with Crippen LogP contribution in [0.5, 0.6) is 0 Å². The molecular formula is C29H36N8O4. The van der Waals surface area contributed by atoms with Crippen molar-refractivity contribution in [1.29, 1.82) is 0 Å². The van der Waals surface area contributed by atoms with Gasteiger partial charge in [-0.15, -0.1) is 0 Å². The second-order valence-electron chi connectivity index (χ2n) is 10.4. The largest absolute Gasteiger partial charge is 0.394 e. The third kappa shape index (κ3) is 6.34. The number of hydrogen-bond acceptors (Lipinski definition) is 8. The van der Waals surface area contributed by atoms with Crippen LogP contribution in [0.2, 0.25) is 0 Å². The van der Waals surface area contributed by atoms with Gasteiger partial charge in [-0.05, 0) is 42.7 Å². The Hall–Kier alpha value is -4.42. The van der Waals surface area contributed by atoms with Crippen molar-refractivity contribution in [3.05, 3.63) is 72.1 Å². The number of fused-ring (bicyclic) bond motifs is 1. The average molecular weight is 561 g/mol. The van der Waals surface area contributed by atoms with E-state index in [-0.39, 0.29) is 30.5 Å². The molecule has 0 aliphatic carbocycles. The Morgan fingerprint density at radius 3 is 2.63 bits per heavy atom. The summed E-state index contributed by atoms with van der Waals surface area (Å²) in [7, 11) is 0. The molecule has 1 atom stereocenters. The number of pyridine rings is 1. The number of anilines is 3. The molecule has 1 fully saturated rings. The van der Waals surface area contributed by atoms with Gasteiger partial charge in [0.15, 0.2) is 5.82 Å². The molecular weight excluding hydrogens is 524 g/mol. The van der Waals surface area contributed by atoms with E-state index in [1.54, 1.807) is 29.4 Å². The first-order valence-electron chi connectivity index (χ1n) is 13.7. The molecule has 1 saturated heterocycles. The molecule has 0 radical (unpaired) electrons. The Morgan fingerprint density at radius 1 is 1.12 bits per heavy atom. The van der Waals surface area contributed by atoms with Crippen LogP contribution in [0.4, 0.5) is 22.0 Å². The Kier molecular flexibility index (Phi) is 8.50. The lowest BCUT2D eigenvalue weighted by molar-refractivity contribution is 0.0302. The summed E-state index contributed by atoms with van der Waals surface area (Å²) in [6, 6.07) is 8.58. The van der Waals surface area contributed by atoms with Gasteiger partial charge in [0.05, 0.1) is 37.1 Å². The van der Waals surface area contributed by atoms with E-state index >= 15 is 0 Å². The molecule has 0 spiro atoms. The number of imidazole rings is 1. The van der Waals surface area contributed by atoms with E-state index in [0.717, 1.165) is 22.8 Å². The number of aromatic nitrogens is 3. The van der Waals surface area contributed by atoms with Gasteiger partial charge >= 0.3 is 6.03 Å². The predicted molar refractivity (Wildman–Crippen MR) is 156 cm³/mol. The molecule has 0 unspecified atom stereocenters. The highest BCUT2D eigenvalue weighted by Crippen LogP contribution is 2.31. The maximum absolute atomic E-state index is 12.8. The van der Waals surface area contributed by atoms with Crippen molar-refractivity contribution in [3.63, 3.8) is 0 Å². The first-order valence-corrected chi connectivity index (χ1v) is 13.7. The summed E-state index contributed by atoms with van der Waals surface area (Å²) in [4.78, 5) is 38.3. The van der Waals surface area contributed by atoms with Gasteiger partial charge in [0, 0.05) is 49.3 Å². The minimum Gasteiger partial charge on any atom is -0.394 e. The molecule has 3 aromatic rings. The zero-order valence-corrected chi connectivity index (χ0v) is 23.5. The van der Waals surface area contributed by atoms with Crippen LogP contribution in [0.25, 0.3) is 5.70 Å². The SMILES string of the molecule is Cc1c(NC(=O)N[C@H](CO)C(C)C)cccc1N1C=C(Nc2ccc(C(=O)N3CCOCC3)cn2)c2nccn2C1. The number of aliphatic hydroxyl groups is 1. The highest BCUT2D eigenvalue weighted by atomic mass is 16.5. The summed E-state index contributed by atoms with van der Waals surface area (Å²) in [5.41, 5.74) is 3.72. The number of aliphatic hydroxyl groups excluding tert-OH is 1. The summed E-state index contributed by atoms with van der Waals surface area (Å²) in [6.45, 7) is 8.48. The van der Waals surface area contributed by atoms with Crippen LogP contribution < -0.4 is 20.9 Å². The normalized spacial score (nSPS) is 15.7.